The molecule has 0 unspecified atom stereocenters. The van der Waals surface area contributed by atoms with Crippen LogP contribution in [0.5, 0.6) is 0 Å². The van der Waals surface area contributed by atoms with Crippen molar-refractivity contribution in [3.05, 3.63) is 25.7 Å². The molecule has 13 heavy (non-hydrogen) atoms. The van der Waals surface area contributed by atoms with Gasteiger partial charge in [0.15, 0.2) is 0 Å². The number of rotatable bonds is 4. The van der Waals surface area contributed by atoms with E-state index < -0.39 is 16.4 Å². The van der Waals surface area contributed by atoms with Gasteiger partial charge in [-0.25, -0.2) is 4.79 Å². The van der Waals surface area contributed by atoms with Gasteiger partial charge in [0, 0.05) is 7.05 Å². The molecule has 0 aliphatic rings. The van der Waals surface area contributed by atoms with Crippen molar-refractivity contribution in [3.63, 3.8) is 0 Å². The first-order valence-corrected chi connectivity index (χ1v) is 4.41. The molecule has 0 rings (SSSR count). The summed E-state index contributed by atoms with van der Waals surface area (Å²) in [6, 6.07) is 0. The van der Waals surface area contributed by atoms with Crippen LogP contribution in [0.4, 0.5) is 4.79 Å². The normalized spacial score (nSPS) is 9.92. The summed E-state index contributed by atoms with van der Waals surface area (Å²) in [6.07, 6.45) is 0.381. The van der Waals surface area contributed by atoms with Gasteiger partial charge < -0.3 is 8.92 Å². The van der Waals surface area contributed by atoms with Crippen LogP contribution in [-0.2, 0) is 19.2 Å². The van der Waals surface area contributed by atoms with Crippen molar-refractivity contribution in [1.82, 2.24) is 4.31 Å². The van der Waals surface area contributed by atoms with Gasteiger partial charge in [0.2, 0.25) is 0 Å². The largest absolute Gasteiger partial charge is 0.430 e. The molecular formula is C6H9NO5S. The number of ether oxygens (including phenoxy) is 1. The molecule has 0 aromatic carbocycles. The lowest BCUT2D eigenvalue weighted by atomic mass is 11.0. The van der Waals surface area contributed by atoms with E-state index in [0.29, 0.717) is 6.26 Å². The second kappa shape index (κ2) is 4.51. The molecule has 0 aromatic rings. The van der Waals surface area contributed by atoms with E-state index in [-0.39, 0.29) is 4.31 Å². The monoisotopic (exact) mass is 207 g/mol. The van der Waals surface area contributed by atoms with Crippen LogP contribution in [-0.4, -0.2) is 25.9 Å². The van der Waals surface area contributed by atoms with Crippen molar-refractivity contribution in [1.29, 1.82) is 0 Å². The highest BCUT2D eigenvalue weighted by atomic mass is 32.2. The van der Waals surface area contributed by atoms with Crippen molar-refractivity contribution in [3.8, 4) is 0 Å². The topological polar surface area (TPSA) is 72.9 Å². The Bertz CT molecular complexity index is 307. The molecule has 0 aliphatic carbocycles. The number of nitrogens with zero attached hydrogens (tertiary/aromatic N) is 1. The van der Waals surface area contributed by atoms with Crippen LogP contribution >= 0.6 is 0 Å². The Balaban J connectivity index is 4.58. The highest BCUT2D eigenvalue weighted by molar-refractivity contribution is 7.84. The van der Waals surface area contributed by atoms with E-state index in [9.17, 15) is 13.2 Å². The van der Waals surface area contributed by atoms with Gasteiger partial charge in [-0.2, -0.15) is 12.7 Å². The van der Waals surface area contributed by atoms with Crippen molar-refractivity contribution >= 4 is 16.4 Å². The predicted octanol–water partition coefficient (Wildman–Crippen LogP) is 0.603. The summed E-state index contributed by atoms with van der Waals surface area (Å²) in [5.41, 5.74) is 0. The van der Waals surface area contributed by atoms with Crippen LogP contribution in [0.1, 0.15) is 0 Å². The summed E-state index contributed by atoms with van der Waals surface area (Å²) >= 11 is 0. The van der Waals surface area contributed by atoms with Crippen molar-refractivity contribution in [2.75, 3.05) is 7.05 Å². The van der Waals surface area contributed by atoms with E-state index in [2.05, 4.69) is 22.1 Å². The highest BCUT2D eigenvalue weighted by Gasteiger charge is 2.24. The maximum absolute atomic E-state index is 10.9. The van der Waals surface area contributed by atoms with Crippen LogP contribution in [0, 0.1) is 0 Å². The summed E-state index contributed by atoms with van der Waals surface area (Å²) in [6.45, 7) is 6.12. The Morgan fingerprint density at radius 1 is 1.38 bits per heavy atom. The SMILES string of the molecule is C=COC(=O)N(C)S(=O)(=O)OC=C. The highest BCUT2D eigenvalue weighted by Crippen LogP contribution is 2.02. The second-order valence-corrected chi connectivity index (χ2v) is 3.33. The minimum Gasteiger partial charge on any atom is -0.418 e. The zero-order chi connectivity index (χ0) is 10.5. The average molecular weight is 207 g/mol. The predicted molar refractivity (Wildman–Crippen MR) is 44.6 cm³/mol. The molecule has 0 heterocycles. The second-order valence-electron chi connectivity index (χ2n) is 1.74. The minimum atomic E-state index is -4.14. The third kappa shape index (κ3) is 3.16. The Labute approximate surface area is 76.3 Å². The fourth-order valence-corrected chi connectivity index (χ4v) is 0.914. The summed E-state index contributed by atoms with van der Waals surface area (Å²) in [5.74, 6) is 0. The van der Waals surface area contributed by atoms with Gasteiger partial charge in [0.05, 0.1) is 6.26 Å². The van der Waals surface area contributed by atoms with Gasteiger partial charge in [-0.05, 0) is 0 Å². The summed E-state index contributed by atoms with van der Waals surface area (Å²) < 4.78 is 30.4. The first-order valence-electron chi connectivity index (χ1n) is 3.05. The average Bonchev–Trinajstić information content (AvgIpc) is 2.03. The van der Waals surface area contributed by atoms with Gasteiger partial charge in [0.25, 0.3) is 0 Å². The van der Waals surface area contributed by atoms with E-state index in [0.717, 1.165) is 13.3 Å². The van der Waals surface area contributed by atoms with Crippen LogP contribution in [0.3, 0.4) is 0 Å². The first kappa shape index (κ1) is 11.5. The lowest BCUT2D eigenvalue weighted by molar-refractivity contribution is 0.166. The number of amides is 1. The van der Waals surface area contributed by atoms with E-state index in [1.165, 1.54) is 0 Å². The van der Waals surface area contributed by atoms with E-state index in [1.54, 1.807) is 0 Å². The van der Waals surface area contributed by atoms with Crippen LogP contribution in [0.2, 0.25) is 0 Å². The summed E-state index contributed by atoms with van der Waals surface area (Å²) in [7, 11) is -3.16. The Hall–Kier alpha value is -1.50. The molecule has 0 atom stereocenters. The summed E-state index contributed by atoms with van der Waals surface area (Å²) in [4.78, 5) is 10.8. The van der Waals surface area contributed by atoms with Crippen LogP contribution in [0.15, 0.2) is 25.7 Å². The molecule has 0 saturated heterocycles. The maximum Gasteiger partial charge on any atom is 0.430 e. The standard InChI is InChI=1S/C6H9NO5S/c1-4-11-6(8)7(3)13(9,10)12-5-2/h4-5H,1-2H2,3H3. The van der Waals surface area contributed by atoms with Crippen molar-refractivity contribution in [2.24, 2.45) is 0 Å². The third-order valence-electron chi connectivity index (χ3n) is 0.966. The van der Waals surface area contributed by atoms with Crippen molar-refractivity contribution < 1.29 is 22.1 Å². The van der Waals surface area contributed by atoms with Gasteiger partial charge in [-0.1, -0.05) is 13.2 Å². The molecular weight excluding hydrogens is 198 g/mol. The molecule has 1 amide bonds. The van der Waals surface area contributed by atoms with Gasteiger partial charge in [-0.15, -0.1) is 0 Å². The quantitative estimate of drug-likeness (QED) is 0.631. The molecule has 6 nitrogen and oxygen atoms in total. The molecule has 0 radical (unpaired) electrons. The van der Waals surface area contributed by atoms with Gasteiger partial charge in [-0.3, -0.25) is 0 Å². The van der Waals surface area contributed by atoms with E-state index >= 15 is 0 Å². The molecule has 0 bridgehead atoms. The fourth-order valence-electron chi connectivity index (χ4n) is 0.387. The Morgan fingerprint density at radius 2 is 1.92 bits per heavy atom. The van der Waals surface area contributed by atoms with Crippen LogP contribution < -0.4 is 0 Å². The third-order valence-corrected chi connectivity index (χ3v) is 2.17. The number of hydrogen-bond donors (Lipinski definition) is 0. The van der Waals surface area contributed by atoms with E-state index in [4.69, 9.17) is 0 Å². The number of carbonyl (C=O) groups excluding carboxylic acids is 1. The Kier molecular flexibility index (Phi) is 3.99. The first-order chi connectivity index (χ1) is 5.95. The molecule has 74 valence electrons. The molecule has 0 aromatic heterocycles. The summed E-state index contributed by atoms with van der Waals surface area (Å²) in [5, 5.41) is 0. The molecule has 0 spiro atoms. The Morgan fingerprint density at radius 3 is 2.31 bits per heavy atom. The van der Waals surface area contributed by atoms with Gasteiger partial charge in [0.1, 0.15) is 6.26 Å². The molecule has 0 saturated carbocycles. The zero-order valence-electron chi connectivity index (χ0n) is 6.97. The number of carbonyl (C=O) groups is 1. The lowest BCUT2D eigenvalue weighted by Gasteiger charge is -2.13. The zero-order valence-corrected chi connectivity index (χ0v) is 7.78. The minimum absolute atomic E-state index is 0.274. The molecule has 7 heteroatoms. The smallest absolute Gasteiger partial charge is 0.418 e. The van der Waals surface area contributed by atoms with Gasteiger partial charge >= 0.3 is 16.4 Å². The number of hydrogen-bond acceptors (Lipinski definition) is 5. The van der Waals surface area contributed by atoms with Crippen LogP contribution in [0.25, 0.3) is 0 Å². The van der Waals surface area contributed by atoms with Crippen molar-refractivity contribution in [2.45, 2.75) is 0 Å². The van der Waals surface area contributed by atoms with E-state index in [1.807, 2.05) is 0 Å². The molecule has 0 N–H and O–H groups in total. The molecule has 0 fully saturated rings. The maximum atomic E-state index is 10.9. The lowest BCUT2D eigenvalue weighted by Crippen LogP contribution is -2.33. The molecule has 0 aliphatic heterocycles. The fraction of sp³-hybridized carbons (Fsp3) is 0.167.